The average Bonchev–Trinajstić information content (AvgIpc) is 2.42. The summed E-state index contributed by atoms with van der Waals surface area (Å²) in [5.74, 6) is 2.44. The van der Waals surface area contributed by atoms with Gasteiger partial charge in [0.15, 0.2) is 0 Å². The minimum absolute atomic E-state index is 0.759. The maximum Gasteiger partial charge on any atom is 0.0110 e. The van der Waals surface area contributed by atoms with Crippen LogP contribution < -0.4 is 5.32 Å². The van der Waals surface area contributed by atoms with E-state index in [9.17, 15) is 0 Å². The molecule has 1 rings (SSSR count). The van der Waals surface area contributed by atoms with E-state index in [0.717, 1.165) is 30.8 Å². The molecule has 1 aliphatic rings. The minimum Gasteiger partial charge on any atom is -0.315 e. The van der Waals surface area contributed by atoms with Crippen LogP contribution >= 0.6 is 0 Å². The molecule has 3 nitrogen and oxygen atoms in total. The Labute approximate surface area is 127 Å². The number of nitrogens with one attached hydrogen (secondary N) is 1. The van der Waals surface area contributed by atoms with E-state index >= 15 is 0 Å². The molecular formula is C17H37N3. The van der Waals surface area contributed by atoms with Crippen molar-refractivity contribution in [2.45, 2.75) is 41.0 Å². The summed E-state index contributed by atoms with van der Waals surface area (Å²) in [4.78, 5) is 5.26. The first kappa shape index (κ1) is 17.9. The summed E-state index contributed by atoms with van der Waals surface area (Å²) in [7, 11) is 0. The molecule has 0 saturated carbocycles. The zero-order chi connectivity index (χ0) is 15.0. The first-order chi connectivity index (χ1) is 9.49. The Hall–Kier alpha value is -0.120. The van der Waals surface area contributed by atoms with Gasteiger partial charge in [-0.15, -0.1) is 0 Å². The van der Waals surface area contributed by atoms with E-state index < -0.39 is 0 Å². The molecule has 0 aromatic rings. The summed E-state index contributed by atoms with van der Waals surface area (Å²) in [6, 6.07) is 0. The molecular weight excluding hydrogens is 246 g/mol. The Balaban J connectivity index is 2.05. The van der Waals surface area contributed by atoms with Crippen molar-refractivity contribution in [1.29, 1.82) is 0 Å². The van der Waals surface area contributed by atoms with Crippen LogP contribution in [0, 0.1) is 17.8 Å². The Morgan fingerprint density at radius 2 is 1.40 bits per heavy atom. The van der Waals surface area contributed by atoms with Crippen LogP contribution in [0.5, 0.6) is 0 Å². The van der Waals surface area contributed by atoms with Crippen LogP contribution in [-0.4, -0.2) is 62.2 Å². The van der Waals surface area contributed by atoms with Crippen LogP contribution in [0.1, 0.15) is 41.0 Å². The fourth-order valence-electron chi connectivity index (χ4n) is 2.58. The third-order valence-corrected chi connectivity index (χ3v) is 4.66. The fraction of sp³-hybridized carbons (Fsp3) is 1.00. The number of piperazine rings is 1. The van der Waals surface area contributed by atoms with Gasteiger partial charge in [-0.1, -0.05) is 34.6 Å². The Morgan fingerprint density at radius 1 is 0.850 bits per heavy atom. The van der Waals surface area contributed by atoms with Crippen LogP contribution in [-0.2, 0) is 0 Å². The summed E-state index contributed by atoms with van der Waals surface area (Å²) in [6.07, 6.45) is 1.35. The van der Waals surface area contributed by atoms with E-state index in [2.05, 4.69) is 49.7 Å². The monoisotopic (exact) mass is 283 g/mol. The van der Waals surface area contributed by atoms with Crippen molar-refractivity contribution in [2.75, 3.05) is 52.4 Å². The zero-order valence-corrected chi connectivity index (χ0v) is 14.5. The number of rotatable bonds is 9. The smallest absolute Gasteiger partial charge is 0.0110 e. The molecule has 1 unspecified atom stereocenters. The van der Waals surface area contributed by atoms with Gasteiger partial charge in [-0.25, -0.2) is 0 Å². The molecule has 0 aliphatic carbocycles. The minimum atomic E-state index is 0.759. The van der Waals surface area contributed by atoms with Gasteiger partial charge in [-0.05, 0) is 37.3 Å². The molecule has 0 spiro atoms. The van der Waals surface area contributed by atoms with Crippen LogP contribution in [0.15, 0.2) is 0 Å². The molecule has 0 aromatic heterocycles. The van der Waals surface area contributed by atoms with E-state index in [1.165, 1.54) is 45.7 Å². The maximum absolute atomic E-state index is 3.54. The zero-order valence-electron chi connectivity index (χ0n) is 14.5. The quantitative estimate of drug-likeness (QED) is 0.656. The molecule has 1 aliphatic heterocycles. The van der Waals surface area contributed by atoms with Crippen molar-refractivity contribution in [1.82, 2.24) is 15.1 Å². The SMILES string of the molecule is CC(C)CNCCN1CCN(CCC(C)C(C)C)CC1. The highest BCUT2D eigenvalue weighted by Gasteiger charge is 2.17. The lowest BCUT2D eigenvalue weighted by Crippen LogP contribution is -2.48. The topological polar surface area (TPSA) is 18.5 Å². The normalized spacial score (nSPS) is 19.9. The second kappa shape index (κ2) is 9.75. The van der Waals surface area contributed by atoms with Crippen LogP contribution in [0.3, 0.4) is 0 Å². The molecule has 1 heterocycles. The predicted octanol–water partition coefficient (Wildman–Crippen LogP) is 2.53. The predicted molar refractivity (Wildman–Crippen MR) is 89.2 cm³/mol. The first-order valence-electron chi connectivity index (χ1n) is 8.64. The van der Waals surface area contributed by atoms with Gasteiger partial charge in [0.2, 0.25) is 0 Å². The van der Waals surface area contributed by atoms with E-state index in [4.69, 9.17) is 0 Å². The number of nitrogens with zero attached hydrogens (tertiary/aromatic N) is 2. The fourth-order valence-corrected chi connectivity index (χ4v) is 2.58. The molecule has 1 fully saturated rings. The molecule has 1 N–H and O–H groups in total. The third kappa shape index (κ3) is 7.61. The molecule has 3 heteroatoms. The van der Waals surface area contributed by atoms with Crippen LogP contribution in [0.25, 0.3) is 0 Å². The lowest BCUT2D eigenvalue weighted by atomic mass is 9.94. The molecule has 0 bridgehead atoms. The average molecular weight is 284 g/mol. The lowest BCUT2D eigenvalue weighted by Gasteiger charge is -2.35. The van der Waals surface area contributed by atoms with Crippen molar-refractivity contribution in [3.8, 4) is 0 Å². The Kier molecular flexibility index (Phi) is 8.74. The maximum atomic E-state index is 3.54. The highest BCUT2D eigenvalue weighted by Crippen LogP contribution is 2.15. The van der Waals surface area contributed by atoms with Gasteiger partial charge in [-0.2, -0.15) is 0 Å². The summed E-state index contributed by atoms with van der Waals surface area (Å²) < 4.78 is 0. The van der Waals surface area contributed by atoms with E-state index in [1.807, 2.05) is 0 Å². The van der Waals surface area contributed by atoms with Crippen molar-refractivity contribution in [2.24, 2.45) is 17.8 Å². The van der Waals surface area contributed by atoms with Crippen LogP contribution in [0.2, 0.25) is 0 Å². The van der Waals surface area contributed by atoms with Crippen molar-refractivity contribution >= 4 is 0 Å². The summed E-state index contributed by atoms with van der Waals surface area (Å²) in [5.41, 5.74) is 0. The largest absolute Gasteiger partial charge is 0.315 e. The molecule has 0 amide bonds. The van der Waals surface area contributed by atoms with Crippen LogP contribution in [0.4, 0.5) is 0 Å². The lowest BCUT2D eigenvalue weighted by molar-refractivity contribution is 0.125. The van der Waals surface area contributed by atoms with Crippen molar-refractivity contribution < 1.29 is 0 Å². The highest BCUT2D eigenvalue weighted by molar-refractivity contribution is 4.73. The van der Waals surface area contributed by atoms with Gasteiger partial charge in [0, 0.05) is 39.3 Å². The molecule has 1 saturated heterocycles. The number of hydrogen-bond donors (Lipinski definition) is 1. The van der Waals surface area contributed by atoms with Gasteiger partial charge >= 0.3 is 0 Å². The van der Waals surface area contributed by atoms with Gasteiger partial charge in [0.05, 0.1) is 0 Å². The van der Waals surface area contributed by atoms with Gasteiger partial charge in [0.25, 0.3) is 0 Å². The van der Waals surface area contributed by atoms with Gasteiger partial charge in [0.1, 0.15) is 0 Å². The number of hydrogen-bond acceptors (Lipinski definition) is 3. The van der Waals surface area contributed by atoms with E-state index in [1.54, 1.807) is 0 Å². The molecule has 120 valence electrons. The van der Waals surface area contributed by atoms with Crippen molar-refractivity contribution in [3.05, 3.63) is 0 Å². The highest BCUT2D eigenvalue weighted by atomic mass is 15.3. The Bertz CT molecular complexity index is 232. The summed E-state index contributed by atoms with van der Waals surface area (Å²) in [6.45, 7) is 21.4. The Morgan fingerprint density at radius 3 is 1.90 bits per heavy atom. The molecule has 1 atom stereocenters. The molecule has 0 aromatic carbocycles. The second-order valence-corrected chi connectivity index (χ2v) is 7.29. The molecule has 20 heavy (non-hydrogen) atoms. The molecule has 0 radical (unpaired) electrons. The van der Waals surface area contributed by atoms with E-state index in [0.29, 0.717) is 0 Å². The van der Waals surface area contributed by atoms with Gasteiger partial charge < -0.3 is 10.2 Å². The van der Waals surface area contributed by atoms with E-state index in [-0.39, 0.29) is 0 Å². The summed E-state index contributed by atoms with van der Waals surface area (Å²) in [5, 5.41) is 3.54. The third-order valence-electron chi connectivity index (χ3n) is 4.66. The van der Waals surface area contributed by atoms with Crippen molar-refractivity contribution in [3.63, 3.8) is 0 Å². The standard InChI is InChI=1S/C17H37N3/c1-15(2)14-18-7-9-20-12-10-19(11-13-20)8-6-17(5)16(3)4/h15-18H,6-14H2,1-5H3. The first-order valence-corrected chi connectivity index (χ1v) is 8.64. The van der Waals surface area contributed by atoms with Gasteiger partial charge in [-0.3, -0.25) is 4.90 Å². The second-order valence-electron chi connectivity index (χ2n) is 7.29. The summed E-state index contributed by atoms with van der Waals surface area (Å²) >= 11 is 0.